The van der Waals surface area contributed by atoms with Gasteiger partial charge in [-0.2, -0.15) is 0 Å². The van der Waals surface area contributed by atoms with Crippen LogP contribution in [-0.2, 0) is 12.8 Å². The molecule has 4 rings (SSSR count). The van der Waals surface area contributed by atoms with E-state index in [1.54, 1.807) is 6.07 Å². The van der Waals surface area contributed by atoms with E-state index in [1.807, 2.05) is 11.0 Å². The molecule has 2 aliphatic heterocycles. The summed E-state index contributed by atoms with van der Waals surface area (Å²) in [5.41, 5.74) is 2.86. The summed E-state index contributed by atoms with van der Waals surface area (Å²) >= 11 is 0. The first-order valence-electron chi connectivity index (χ1n) is 8.49. The Bertz CT molecular complexity index is 599. The largest absolute Gasteiger partial charge is 0.507 e. The predicted octanol–water partition coefficient (Wildman–Crippen LogP) is 2.40. The van der Waals surface area contributed by atoms with Crippen LogP contribution < -0.4 is 0 Å². The number of phenols is 1. The van der Waals surface area contributed by atoms with Gasteiger partial charge in [-0.1, -0.05) is 0 Å². The highest BCUT2D eigenvalue weighted by molar-refractivity contribution is 5.98. The molecule has 1 aliphatic carbocycles. The maximum absolute atomic E-state index is 13.0. The Morgan fingerprint density at radius 1 is 1.05 bits per heavy atom. The SMILES string of the molecule is O=C(c1cc2c(cc1O)CCCC2)N1C2CCC1CC(O)C2. The molecule has 1 aromatic carbocycles. The quantitative estimate of drug-likeness (QED) is 0.837. The van der Waals surface area contributed by atoms with Crippen molar-refractivity contribution >= 4 is 5.91 Å². The van der Waals surface area contributed by atoms with Gasteiger partial charge < -0.3 is 15.1 Å². The highest BCUT2D eigenvalue weighted by atomic mass is 16.3. The monoisotopic (exact) mass is 301 g/mol. The van der Waals surface area contributed by atoms with Crippen molar-refractivity contribution in [3.8, 4) is 5.75 Å². The maximum atomic E-state index is 13.0. The van der Waals surface area contributed by atoms with Crippen molar-refractivity contribution in [2.45, 2.75) is 69.6 Å². The number of amides is 1. The first-order chi connectivity index (χ1) is 10.6. The van der Waals surface area contributed by atoms with Crippen LogP contribution in [0.4, 0.5) is 0 Å². The second kappa shape index (κ2) is 5.27. The molecule has 2 saturated heterocycles. The molecule has 0 radical (unpaired) electrons. The number of hydrogen-bond donors (Lipinski definition) is 2. The van der Waals surface area contributed by atoms with Gasteiger partial charge >= 0.3 is 0 Å². The molecule has 0 aromatic heterocycles. The number of aliphatic hydroxyl groups excluding tert-OH is 1. The Morgan fingerprint density at radius 3 is 2.27 bits per heavy atom. The first kappa shape index (κ1) is 14.1. The first-order valence-corrected chi connectivity index (χ1v) is 8.49. The molecule has 4 nitrogen and oxygen atoms in total. The van der Waals surface area contributed by atoms with Crippen LogP contribution in [0.2, 0.25) is 0 Å². The summed E-state index contributed by atoms with van der Waals surface area (Å²) in [6.07, 6.45) is 7.33. The van der Waals surface area contributed by atoms with Crippen LogP contribution in [0.5, 0.6) is 5.75 Å². The highest BCUT2D eigenvalue weighted by Gasteiger charge is 2.43. The highest BCUT2D eigenvalue weighted by Crippen LogP contribution is 2.38. The molecule has 1 amide bonds. The van der Waals surface area contributed by atoms with E-state index in [4.69, 9.17) is 0 Å². The van der Waals surface area contributed by atoms with E-state index in [9.17, 15) is 15.0 Å². The Labute approximate surface area is 130 Å². The lowest BCUT2D eigenvalue weighted by Crippen LogP contribution is -2.48. The summed E-state index contributed by atoms with van der Waals surface area (Å²) < 4.78 is 0. The van der Waals surface area contributed by atoms with E-state index in [2.05, 4.69) is 0 Å². The lowest BCUT2D eigenvalue weighted by Gasteiger charge is -2.37. The van der Waals surface area contributed by atoms with E-state index < -0.39 is 0 Å². The number of piperidine rings is 1. The smallest absolute Gasteiger partial charge is 0.258 e. The molecule has 2 unspecified atom stereocenters. The van der Waals surface area contributed by atoms with Gasteiger partial charge in [-0.3, -0.25) is 4.79 Å². The van der Waals surface area contributed by atoms with E-state index in [1.165, 1.54) is 11.1 Å². The van der Waals surface area contributed by atoms with Crippen molar-refractivity contribution in [1.29, 1.82) is 0 Å². The Morgan fingerprint density at radius 2 is 1.64 bits per heavy atom. The zero-order valence-corrected chi connectivity index (χ0v) is 12.8. The molecule has 22 heavy (non-hydrogen) atoms. The summed E-state index contributed by atoms with van der Waals surface area (Å²) in [7, 11) is 0. The van der Waals surface area contributed by atoms with E-state index in [0.717, 1.165) is 38.5 Å². The molecule has 0 saturated carbocycles. The molecule has 4 heteroatoms. The van der Waals surface area contributed by atoms with E-state index in [-0.39, 0.29) is 29.8 Å². The van der Waals surface area contributed by atoms with Gasteiger partial charge in [0, 0.05) is 12.1 Å². The van der Waals surface area contributed by atoms with Crippen LogP contribution in [0.1, 0.15) is 60.0 Å². The predicted molar refractivity (Wildman–Crippen MR) is 83.0 cm³/mol. The molecule has 1 aromatic rings. The number of aliphatic hydroxyl groups is 1. The van der Waals surface area contributed by atoms with Crippen molar-refractivity contribution in [1.82, 2.24) is 4.90 Å². The fourth-order valence-corrected chi connectivity index (χ4v) is 4.56. The second-order valence-electron chi connectivity index (χ2n) is 7.07. The van der Waals surface area contributed by atoms with Gasteiger partial charge in [0.1, 0.15) is 5.75 Å². The van der Waals surface area contributed by atoms with Gasteiger partial charge in [-0.15, -0.1) is 0 Å². The third-order valence-corrected chi connectivity index (χ3v) is 5.63. The molecule has 2 N–H and O–H groups in total. The standard InChI is InChI=1S/C18H23NO3/c20-15-9-13-5-6-14(10-15)19(13)18(22)16-7-11-3-1-2-4-12(11)8-17(16)21/h7-8,13-15,20-21H,1-6,9-10H2. The van der Waals surface area contributed by atoms with Gasteiger partial charge in [0.25, 0.3) is 5.91 Å². The summed E-state index contributed by atoms with van der Waals surface area (Å²) in [4.78, 5) is 14.9. The Balaban J connectivity index is 1.66. The molecule has 2 heterocycles. The fraction of sp³-hybridized carbons (Fsp3) is 0.611. The van der Waals surface area contributed by atoms with Crippen LogP contribution in [0.25, 0.3) is 0 Å². The summed E-state index contributed by atoms with van der Waals surface area (Å²) in [5.74, 6) is 0.0708. The Hall–Kier alpha value is -1.55. The van der Waals surface area contributed by atoms with Crippen molar-refractivity contribution in [2.24, 2.45) is 0 Å². The number of phenolic OH excluding ortho intramolecular Hbond substituents is 1. The zero-order chi connectivity index (χ0) is 15.3. The molecular weight excluding hydrogens is 278 g/mol. The van der Waals surface area contributed by atoms with E-state index in [0.29, 0.717) is 18.4 Å². The van der Waals surface area contributed by atoms with Gasteiger partial charge in [0.05, 0.1) is 11.7 Å². The van der Waals surface area contributed by atoms with Gasteiger partial charge in [-0.05, 0) is 74.6 Å². The van der Waals surface area contributed by atoms with Crippen molar-refractivity contribution in [2.75, 3.05) is 0 Å². The molecule has 0 spiro atoms. The number of aromatic hydroxyl groups is 1. The van der Waals surface area contributed by atoms with Crippen molar-refractivity contribution in [3.63, 3.8) is 0 Å². The molecular formula is C18H23NO3. The topological polar surface area (TPSA) is 60.8 Å². The van der Waals surface area contributed by atoms with Gasteiger partial charge in [-0.25, -0.2) is 0 Å². The third-order valence-electron chi connectivity index (χ3n) is 5.63. The number of nitrogens with zero attached hydrogens (tertiary/aromatic N) is 1. The number of carbonyl (C=O) groups is 1. The molecule has 2 bridgehead atoms. The number of rotatable bonds is 1. The van der Waals surface area contributed by atoms with Crippen LogP contribution >= 0.6 is 0 Å². The summed E-state index contributed by atoms with van der Waals surface area (Å²) in [6.45, 7) is 0. The third kappa shape index (κ3) is 2.21. The minimum absolute atomic E-state index is 0.0507. The molecule has 2 atom stereocenters. The van der Waals surface area contributed by atoms with Gasteiger partial charge in [0.15, 0.2) is 0 Å². The lowest BCUT2D eigenvalue weighted by atomic mass is 9.89. The minimum Gasteiger partial charge on any atom is -0.507 e. The zero-order valence-electron chi connectivity index (χ0n) is 12.8. The second-order valence-corrected chi connectivity index (χ2v) is 7.07. The lowest BCUT2D eigenvalue weighted by molar-refractivity contribution is 0.0285. The molecule has 118 valence electrons. The van der Waals surface area contributed by atoms with Crippen LogP contribution in [-0.4, -0.2) is 39.2 Å². The van der Waals surface area contributed by atoms with Crippen LogP contribution in [0.3, 0.4) is 0 Å². The van der Waals surface area contributed by atoms with E-state index >= 15 is 0 Å². The van der Waals surface area contributed by atoms with Crippen molar-refractivity contribution in [3.05, 3.63) is 28.8 Å². The number of fused-ring (bicyclic) bond motifs is 3. The number of aryl methyl sites for hydroxylation is 2. The minimum atomic E-state index is -0.279. The van der Waals surface area contributed by atoms with Crippen LogP contribution in [0, 0.1) is 0 Å². The maximum Gasteiger partial charge on any atom is 0.258 e. The van der Waals surface area contributed by atoms with Gasteiger partial charge in [0.2, 0.25) is 0 Å². The summed E-state index contributed by atoms with van der Waals surface area (Å²) in [6, 6.07) is 3.98. The average Bonchev–Trinajstić information content (AvgIpc) is 2.77. The normalized spacial score (nSPS) is 30.2. The number of hydrogen-bond acceptors (Lipinski definition) is 3. The summed E-state index contributed by atoms with van der Waals surface area (Å²) in [5, 5.41) is 20.2. The van der Waals surface area contributed by atoms with Crippen LogP contribution in [0.15, 0.2) is 12.1 Å². The fourth-order valence-electron chi connectivity index (χ4n) is 4.56. The molecule has 2 fully saturated rings. The number of carbonyl (C=O) groups excluding carboxylic acids is 1. The molecule has 3 aliphatic rings. The number of benzene rings is 1. The Kier molecular flexibility index (Phi) is 3.37. The van der Waals surface area contributed by atoms with Crippen molar-refractivity contribution < 1.29 is 15.0 Å². The average molecular weight is 301 g/mol.